The Morgan fingerprint density at radius 2 is 1.88 bits per heavy atom. The highest BCUT2D eigenvalue weighted by Crippen LogP contribution is 2.39. The minimum Gasteiger partial charge on any atom is -0.300 e. The van der Waals surface area contributed by atoms with Crippen LogP contribution >= 0.6 is 0 Å². The molecule has 1 saturated carbocycles. The number of ketones is 1. The van der Waals surface area contributed by atoms with E-state index in [1.54, 1.807) is 0 Å². The van der Waals surface area contributed by atoms with Crippen LogP contribution in [0.15, 0.2) is 18.2 Å². The van der Waals surface area contributed by atoms with Crippen LogP contribution in [-0.2, 0) is 10.2 Å². The number of carbonyl (C=O) groups is 1. The number of nitriles is 1. The van der Waals surface area contributed by atoms with E-state index in [1.807, 2.05) is 0 Å². The topological polar surface area (TPSA) is 40.9 Å². The second-order valence-corrected chi connectivity index (χ2v) is 4.33. The molecule has 0 saturated heterocycles. The Hall–Kier alpha value is -1.76. The Balaban J connectivity index is 2.46. The zero-order chi connectivity index (χ0) is 12.5. The fraction of sp³-hybridized carbons (Fsp3) is 0.385. The summed E-state index contributed by atoms with van der Waals surface area (Å²) in [5.41, 5.74) is -0.979. The first-order valence-corrected chi connectivity index (χ1v) is 5.46. The number of halogens is 2. The van der Waals surface area contributed by atoms with Crippen LogP contribution in [0.4, 0.5) is 8.78 Å². The first-order valence-electron chi connectivity index (χ1n) is 5.46. The van der Waals surface area contributed by atoms with Gasteiger partial charge in [0.05, 0.1) is 11.5 Å². The van der Waals surface area contributed by atoms with E-state index in [0.29, 0.717) is 0 Å². The van der Waals surface area contributed by atoms with Gasteiger partial charge in [-0.05, 0) is 18.9 Å². The maximum Gasteiger partial charge on any atom is 0.163 e. The third-order valence-corrected chi connectivity index (χ3v) is 3.34. The third kappa shape index (κ3) is 1.93. The molecule has 2 nitrogen and oxygen atoms in total. The molecule has 0 unspecified atom stereocenters. The van der Waals surface area contributed by atoms with E-state index >= 15 is 0 Å². The van der Waals surface area contributed by atoms with Gasteiger partial charge in [0.2, 0.25) is 0 Å². The standard InChI is InChI=1S/C13H11F2NO/c14-11-3-1-2-10(12(11)15)13(8-16)6-4-9(17)5-7-13/h1-3H,4-7H2. The summed E-state index contributed by atoms with van der Waals surface area (Å²) in [5, 5.41) is 9.25. The lowest BCUT2D eigenvalue weighted by Crippen LogP contribution is -2.31. The molecule has 0 spiro atoms. The summed E-state index contributed by atoms with van der Waals surface area (Å²) in [6.45, 7) is 0. The molecule has 0 amide bonds. The van der Waals surface area contributed by atoms with E-state index in [0.717, 1.165) is 6.07 Å². The number of rotatable bonds is 1. The Kier molecular flexibility index (Phi) is 2.93. The summed E-state index contributed by atoms with van der Waals surface area (Å²) in [6, 6.07) is 5.91. The molecular weight excluding hydrogens is 224 g/mol. The van der Waals surface area contributed by atoms with Gasteiger partial charge in [0, 0.05) is 18.4 Å². The molecule has 0 aliphatic heterocycles. The quantitative estimate of drug-likeness (QED) is 0.751. The van der Waals surface area contributed by atoms with E-state index < -0.39 is 17.0 Å². The number of hydrogen-bond donors (Lipinski definition) is 0. The molecule has 88 valence electrons. The number of Topliss-reactive ketones (excluding diaryl/α,β-unsaturated/α-hetero) is 1. The molecule has 1 aromatic carbocycles. The van der Waals surface area contributed by atoms with Crippen LogP contribution in [0, 0.1) is 23.0 Å². The lowest BCUT2D eigenvalue weighted by molar-refractivity contribution is -0.121. The average molecular weight is 235 g/mol. The predicted molar refractivity (Wildman–Crippen MR) is 57.1 cm³/mol. The van der Waals surface area contributed by atoms with E-state index in [1.165, 1.54) is 12.1 Å². The number of hydrogen-bond acceptors (Lipinski definition) is 2. The van der Waals surface area contributed by atoms with Gasteiger partial charge in [-0.25, -0.2) is 8.78 Å². The van der Waals surface area contributed by atoms with Crippen molar-refractivity contribution < 1.29 is 13.6 Å². The van der Waals surface area contributed by atoms with Gasteiger partial charge in [-0.1, -0.05) is 12.1 Å². The summed E-state index contributed by atoms with van der Waals surface area (Å²) in [7, 11) is 0. The Morgan fingerprint density at radius 3 is 2.47 bits per heavy atom. The van der Waals surface area contributed by atoms with Crippen molar-refractivity contribution in [3.63, 3.8) is 0 Å². The van der Waals surface area contributed by atoms with Crippen LogP contribution in [-0.4, -0.2) is 5.78 Å². The molecule has 0 heterocycles. The van der Waals surface area contributed by atoms with Crippen molar-refractivity contribution in [2.75, 3.05) is 0 Å². The van der Waals surface area contributed by atoms with Crippen LogP contribution in [0.2, 0.25) is 0 Å². The van der Waals surface area contributed by atoms with Gasteiger partial charge >= 0.3 is 0 Å². The van der Waals surface area contributed by atoms with Gasteiger partial charge in [-0.3, -0.25) is 4.79 Å². The van der Waals surface area contributed by atoms with E-state index in [-0.39, 0.29) is 37.0 Å². The molecule has 0 atom stereocenters. The molecule has 1 aliphatic rings. The molecule has 1 fully saturated rings. The van der Waals surface area contributed by atoms with Crippen molar-refractivity contribution in [2.24, 2.45) is 0 Å². The van der Waals surface area contributed by atoms with Gasteiger partial charge in [0.25, 0.3) is 0 Å². The van der Waals surface area contributed by atoms with Crippen LogP contribution in [0.3, 0.4) is 0 Å². The van der Waals surface area contributed by atoms with Crippen molar-refractivity contribution in [1.29, 1.82) is 5.26 Å². The summed E-state index contributed by atoms with van der Waals surface area (Å²) in [5.74, 6) is -1.84. The SMILES string of the molecule is N#CC1(c2cccc(F)c2F)CCC(=O)CC1. The van der Waals surface area contributed by atoms with Crippen LogP contribution in [0.5, 0.6) is 0 Å². The molecular formula is C13H11F2NO. The average Bonchev–Trinajstić information content (AvgIpc) is 2.35. The molecule has 17 heavy (non-hydrogen) atoms. The zero-order valence-corrected chi connectivity index (χ0v) is 9.17. The maximum atomic E-state index is 13.7. The van der Waals surface area contributed by atoms with E-state index in [2.05, 4.69) is 6.07 Å². The second-order valence-electron chi connectivity index (χ2n) is 4.33. The van der Waals surface area contributed by atoms with Crippen LogP contribution in [0.1, 0.15) is 31.2 Å². The molecule has 0 N–H and O–H groups in total. The number of carbonyl (C=O) groups excluding carboxylic acids is 1. The summed E-state index contributed by atoms with van der Waals surface area (Å²) in [6.07, 6.45) is 1.04. The molecule has 2 rings (SSSR count). The van der Waals surface area contributed by atoms with Crippen LogP contribution < -0.4 is 0 Å². The smallest absolute Gasteiger partial charge is 0.163 e. The number of nitrogens with zero attached hydrogens (tertiary/aromatic N) is 1. The molecule has 0 bridgehead atoms. The maximum absolute atomic E-state index is 13.7. The second kappa shape index (κ2) is 4.25. The van der Waals surface area contributed by atoms with Crippen LogP contribution in [0.25, 0.3) is 0 Å². The van der Waals surface area contributed by atoms with Crippen molar-refractivity contribution in [3.8, 4) is 6.07 Å². The Labute approximate surface area is 97.9 Å². The normalized spacial score (nSPS) is 18.8. The minimum absolute atomic E-state index is 0.0764. The molecule has 1 aliphatic carbocycles. The Bertz CT molecular complexity index is 495. The first kappa shape index (κ1) is 11.7. The monoisotopic (exact) mass is 235 g/mol. The van der Waals surface area contributed by atoms with E-state index in [9.17, 15) is 18.8 Å². The highest BCUT2D eigenvalue weighted by atomic mass is 19.2. The summed E-state index contributed by atoms with van der Waals surface area (Å²) >= 11 is 0. The molecule has 4 heteroatoms. The summed E-state index contributed by atoms with van der Waals surface area (Å²) in [4.78, 5) is 11.2. The number of benzene rings is 1. The van der Waals surface area contributed by atoms with Gasteiger partial charge in [0.15, 0.2) is 11.6 Å². The Morgan fingerprint density at radius 1 is 1.24 bits per heavy atom. The van der Waals surface area contributed by atoms with Gasteiger partial charge in [-0.15, -0.1) is 0 Å². The van der Waals surface area contributed by atoms with Gasteiger partial charge in [-0.2, -0.15) is 5.26 Å². The largest absolute Gasteiger partial charge is 0.300 e. The lowest BCUT2D eigenvalue weighted by atomic mass is 9.70. The molecule has 1 aromatic rings. The highest BCUT2D eigenvalue weighted by Gasteiger charge is 2.39. The van der Waals surface area contributed by atoms with Gasteiger partial charge < -0.3 is 0 Å². The van der Waals surface area contributed by atoms with Crippen molar-refractivity contribution in [2.45, 2.75) is 31.1 Å². The highest BCUT2D eigenvalue weighted by molar-refractivity contribution is 5.80. The predicted octanol–water partition coefficient (Wildman–Crippen LogP) is 2.87. The third-order valence-electron chi connectivity index (χ3n) is 3.34. The lowest BCUT2D eigenvalue weighted by Gasteiger charge is -2.30. The van der Waals surface area contributed by atoms with Crippen molar-refractivity contribution in [1.82, 2.24) is 0 Å². The minimum atomic E-state index is -1.06. The van der Waals surface area contributed by atoms with Crippen molar-refractivity contribution in [3.05, 3.63) is 35.4 Å². The van der Waals surface area contributed by atoms with Gasteiger partial charge in [0.1, 0.15) is 5.78 Å². The summed E-state index contributed by atoms with van der Waals surface area (Å²) < 4.78 is 26.9. The molecule has 0 aromatic heterocycles. The van der Waals surface area contributed by atoms with Crippen molar-refractivity contribution >= 4 is 5.78 Å². The fourth-order valence-corrected chi connectivity index (χ4v) is 2.27. The molecule has 0 radical (unpaired) electrons. The van der Waals surface area contributed by atoms with E-state index in [4.69, 9.17) is 0 Å². The zero-order valence-electron chi connectivity index (χ0n) is 9.17. The fourth-order valence-electron chi connectivity index (χ4n) is 2.27. The first-order chi connectivity index (χ1) is 8.09.